The van der Waals surface area contributed by atoms with Crippen molar-refractivity contribution in [2.24, 2.45) is 11.7 Å². The minimum absolute atomic E-state index is 0.0933. The predicted octanol–water partition coefficient (Wildman–Crippen LogP) is 2.61. The number of benzene rings is 1. The summed E-state index contributed by atoms with van der Waals surface area (Å²) in [5, 5.41) is 2.94. The maximum Gasteiger partial charge on any atom is 0.404 e. The van der Waals surface area contributed by atoms with Crippen molar-refractivity contribution in [1.29, 1.82) is 0 Å². The Kier molecular flexibility index (Phi) is 4.56. The van der Waals surface area contributed by atoms with E-state index in [2.05, 4.69) is 10.3 Å². The van der Waals surface area contributed by atoms with Crippen LogP contribution in [0, 0.1) is 12.8 Å². The number of amides is 2. The van der Waals surface area contributed by atoms with Crippen molar-refractivity contribution in [1.82, 2.24) is 14.9 Å². The number of hydrogen-bond acceptors (Lipinski definition) is 6. The number of nitrogens with zero attached hydrogens (tertiary/aromatic N) is 2. The summed E-state index contributed by atoms with van der Waals surface area (Å²) in [6.45, 7) is 4.43. The Balaban J connectivity index is 1.52. The van der Waals surface area contributed by atoms with Gasteiger partial charge in [-0.2, -0.15) is 0 Å². The van der Waals surface area contributed by atoms with Gasteiger partial charge in [0.25, 0.3) is 11.7 Å². The minimum Gasteiger partial charge on any atom is -0.448 e. The Morgan fingerprint density at radius 3 is 2.71 bits per heavy atom. The Morgan fingerprint density at radius 1 is 1.29 bits per heavy atom. The molecule has 0 spiro atoms. The molecule has 1 saturated carbocycles. The third-order valence-electron chi connectivity index (χ3n) is 6.68. The zero-order valence-corrected chi connectivity index (χ0v) is 17.6. The second kappa shape index (κ2) is 7.18. The van der Waals surface area contributed by atoms with Gasteiger partial charge in [-0.3, -0.25) is 4.79 Å². The highest BCUT2D eigenvalue weighted by molar-refractivity contribution is 6.01. The van der Waals surface area contributed by atoms with E-state index in [-0.39, 0.29) is 17.9 Å². The van der Waals surface area contributed by atoms with Crippen LogP contribution in [0.1, 0.15) is 54.1 Å². The number of aromatic nitrogens is 2. The molecule has 3 heterocycles. The molecule has 2 aliphatic heterocycles. The molecule has 1 aliphatic carbocycles. The molecule has 2 amide bonds. The Labute approximate surface area is 179 Å². The van der Waals surface area contributed by atoms with Gasteiger partial charge in [-0.15, -0.1) is 0 Å². The van der Waals surface area contributed by atoms with Crippen LogP contribution in [0.3, 0.4) is 0 Å². The number of carbonyl (C=O) groups excluding carboxylic acids is 2. The first kappa shape index (κ1) is 19.7. The number of hydrogen-bond donors (Lipinski definition) is 2. The number of nitrogens with one attached hydrogen (secondary N) is 1. The van der Waals surface area contributed by atoms with Crippen molar-refractivity contribution < 1.29 is 23.8 Å². The van der Waals surface area contributed by atoms with Gasteiger partial charge in [0, 0.05) is 37.3 Å². The smallest absolute Gasteiger partial charge is 0.404 e. The Hall–Kier alpha value is -3.23. The number of primary amides is 1. The van der Waals surface area contributed by atoms with E-state index < -0.39 is 11.9 Å². The number of fused-ring (bicyclic) bond motifs is 2. The standard InChI is InChI=1S/C22H26N4O5/c1-12-16-15(7-8-25-20(16)27)17(26-10-9-24-11-26)19-18(12)30-22(2,31-19)13-3-5-14(6-4-13)29-21(23)28/h9-11,13-14H,3-8H2,1-2H3,(H2,23,28)(H,25,27). The lowest BCUT2D eigenvalue weighted by Crippen LogP contribution is -2.45. The molecule has 1 fully saturated rings. The van der Waals surface area contributed by atoms with Gasteiger partial charge in [0.2, 0.25) is 0 Å². The quantitative estimate of drug-likeness (QED) is 0.779. The van der Waals surface area contributed by atoms with Gasteiger partial charge < -0.3 is 29.8 Å². The Bertz CT molecular complexity index is 1040. The average Bonchev–Trinajstić information content (AvgIpc) is 3.37. The monoisotopic (exact) mass is 426 g/mol. The van der Waals surface area contributed by atoms with E-state index in [4.69, 9.17) is 19.9 Å². The van der Waals surface area contributed by atoms with Crippen LogP contribution in [0.4, 0.5) is 4.79 Å². The molecule has 0 radical (unpaired) electrons. The van der Waals surface area contributed by atoms with Crippen LogP contribution in [-0.4, -0.2) is 40.0 Å². The molecule has 1 aromatic carbocycles. The van der Waals surface area contributed by atoms with Crippen molar-refractivity contribution in [2.75, 3.05) is 6.54 Å². The number of nitrogens with two attached hydrogens (primary N) is 1. The SMILES string of the molecule is Cc1c2c(c(-n3ccnc3)c3c1C(=O)NCC3)OC(C)(C1CCC(OC(N)=O)CC1)O2. The predicted molar refractivity (Wildman–Crippen MR) is 110 cm³/mol. The summed E-state index contributed by atoms with van der Waals surface area (Å²) in [5.41, 5.74) is 8.37. The maximum absolute atomic E-state index is 12.7. The van der Waals surface area contributed by atoms with Crippen LogP contribution in [0.5, 0.6) is 11.5 Å². The van der Waals surface area contributed by atoms with Crippen molar-refractivity contribution in [3.05, 3.63) is 35.4 Å². The highest BCUT2D eigenvalue weighted by Crippen LogP contribution is 2.53. The van der Waals surface area contributed by atoms with Gasteiger partial charge in [-0.05, 0) is 44.6 Å². The molecule has 1 aromatic heterocycles. The molecule has 0 bridgehead atoms. The van der Waals surface area contributed by atoms with Crippen LogP contribution in [0.2, 0.25) is 0 Å². The lowest BCUT2D eigenvalue weighted by Gasteiger charge is -2.36. The fourth-order valence-electron chi connectivity index (χ4n) is 5.16. The van der Waals surface area contributed by atoms with E-state index in [0.717, 1.165) is 29.7 Å². The van der Waals surface area contributed by atoms with E-state index in [9.17, 15) is 9.59 Å². The van der Waals surface area contributed by atoms with Gasteiger partial charge in [0.1, 0.15) is 6.10 Å². The lowest BCUT2D eigenvalue weighted by atomic mass is 9.82. The van der Waals surface area contributed by atoms with Gasteiger partial charge in [0.15, 0.2) is 11.5 Å². The third kappa shape index (κ3) is 3.19. The Morgan fingerprint density at radius 2 is 2.03 bits per heavy atom. The van der Waals surface area contributed by atoms with E-state index in [1.54, 1.807) is 12.5 Å². The average molecular weight is 426 g/mol. The third-order valence-corrected chi connectivity index (χ3v) is 6.68. The molecule has 31 heavy (non-hydrogen) atoms. The number of imidazole rings is 1. The minimum atomic E-state index is -0.874. The molecule has 3 N–H and O–H groups in total. The largest absolute Gasteiger partial charge is 0.448 e. The second-order valence-corrected chi connectivity index (χ2v) is 8.59. The molecular weight excluding hydrogens is 400 g/mol. The molecule has 9 heteroatoms. The normalized spacial score (nSPS) is 26.8. The summed E-state index contributed by atoms with van der Waals surface area (Å²) < 4.78 is 20.1. The first-order valence-electron chi connectivity index (χ1n) is 10.7. The molecule has 9 nitrogen and oxygen atoms in total. The van der Waals surface area contributed by atoms with Gasteiger partial charge in [-0.25, -0.2) is 9.78 Å². The molecule has 3 aliphatic rings. The summed E-state index contributed by atoms with van der Waals surface area (Å²) in [6.07, 6.45) is 8.04. The van der Waals surface area contributed by atoms with Crippen LogP contribution < -0.4 is 20.5 Å². The molecule has 0 saturated heterocycles. The van der Waals surface area contributed by atoms with E-state index in [0.29, 0.717) is 42.9 Å². The highest BCUT2D eigenvalue weighted by Gasteiger charge is 2.49. The van der Waals surface area contributed by atoms with Gasteiger partial charge in [-0.1, -0.05) is 0 Å². The van der Waals surface area contributed by atoms with Crippen LogP contribution in [-0.2, 0) is 11.2 Å². The van der Waals surface area contributed by atoms with Crippen molar-refractivity contribution >= 4 is 12.0 Å². The summed E-state index contributed by atoms with van der Waals surface area (Å²) in [7, 11) is 0. The van der Waals surface area contributed by atoms with Crippen LogP contribution in [0.25, 0.3) is 5.69 Å². The van der Waals surface area contributed by atoms with E-state index in [1.807, 2.05) is 24.6 Å². The number of ether oxygens (including phenoxy) is 3. The zero-order chi connectivity index (χ0) is 21.8. The fraction of sp³-hybridized carbons (Fsp3) is 0.500. The summed E-state index contributed by atoms with van der Waals surface area (Å²) in [6, 6.07) is 0. The maximum atomic E-state index is 12.7. The van der Waals surface area contributed by atoms with Crippen LogP contribution >= 0.6 is 0 Å². The molecule has 5 rings (SSSR count). The van der Waals surface area contributed by atoms with E-state index >= 15 is 0 Å². The number of carbonyl (C=O) groups is 2. The summed E-state index contributed by atoms with van der Waals surface area (Å²) in [4.78, 5) is 28.0. The van der Waals surface area contributed by atoms with Crippen LogP contribution in [0.15, 0.2) is 18.7 Å². The fourth-order valence-corrected chi connectivity index (χ4v) is 5.16. The molecule has 1 unspecified atom stereocenters. The van der Waals surface area contributed by atoms with Crippen molar-refractivity contribution in [3.8, 4) is 17.2 Å². The molecule has 2 aromatic rings. The zero-order valence-electron chi connectivity index (χ0n) is 17.6. The second-order valence-electron chi connectivity index (χ2n) is 8.59. The van der Waals surface area contributed by atoms with Crippen molar-refractivity contribution in [2.45, 2.75) is 57.8 Å². The highest BCUT2D eigenvalue weighted by atomic mass is 16.7. The molecular formula is C22H26N4O5. The summed E-state index contributed by atoms with van der Waals surface area (Å²) >= 11 is 0. The van der Waals surface area contributed by atoms with Crippen molar-refractivity contribution in [3.63, 3.8) is 0 Å². The first-order chi connectivity index (χ1) is 14.9. The molecule has 164 valence electrons. The summed E-state index contributed by atoms with van der Waals surface area (Å²) in [5.74, 6) is 0.401. The topological polar surface area (TPSA) is 118 Å². The first-order valence-corrected chi connectivity index (χ1v) is 10.7. The van der Waals surface area contributed by atoms with Gasteiger partial charge >= 0.3 is 6.09 Å². The van der Waals surface area contributed by atoms with E-state index in [1.165, 1.54) is 0 Å². The lowest BCUT2D eigenvalue weighted by molar-refractivity contribution is -0.126. The number of rotatable bonds is 3. The van der Waals surface area contributed by atoms with Gasteiger partial charge in [0.05, 0.1) is 17.6 Å². The molecule has 1 atom stereocenters.